The normalized spacial score (nSPS) is 11.1. The van der Waals surface area contributed by atoms with Crippen LogP contribution in [0.15, 0.2) is 23.1 Å². The molecule has 20 heavy (non-hydrogen) atoms. The Morgan fingerprint density at radius 2 is 1.85 bits per heavy atom. The number of sulfonamides is 1. The number of alkyl halides is 3. The molecular formula is C9H10BF3N2O4S. The topological polar surface area (TPSA) is 110 Å². The monoisotopic (exact) mass is 310 g/mol. The van der Waals surface area contributed by atoms with Crippen molar-refractivity contribution in [1.82, 2.24) is 4.72 Å². The van der Waals surface area contributed by atoms with Crippen LogP contribution in [0.4, 0.5) is 13.2 Å². The molecule has 0 radical (unpaired) electrons. The molecule has 3 N–H and O–H groups in total. The van der Waals surface area contributed by atoms with E-state index >= 15 is 0 Å². The van der Waals surface area contributed by atoms with Crippen molar-refractivity contribution in [1.29, 1.82) is 5.26 Å². The van der Waals surface area contributed by atoms with Gasteiger partial charge in [0, 0.05) is 0 Å². The number of nitriles is 1. The number of hydrogen-bond acceptors (Lipinski definition) is 5. The largest absolute Gasteiger partial charge is 0.432 e. The average molecular weight is 310 g/mol. The highest BCUT2D eigenvalue weighted by molar-refractivity contribution is 7.89. The number of rotatable bonds is 2. The summed E-state index contributed by atoms with van der Waals surface area (Å²) in [4.78, 5) is -0.897. The SMILES string of the molecule is CNS(=O)(=O)c1ccc(C#N)cc1C(F)(F)F.OBO. The molecule has 0 fully saturated rings. The van der Waals surface area contributed by atoms with E-state index in [1.165, 1.54) is 6.07 Å². The van der Waals surface area contributed by atoms with Crippen LogP contribution >= 0.6 is 0 Å². The Kier molecular flexibility index (Phi) is 6.67. The fourth-order valence-electron chi connectivity index (χ4n) is 1.17. The van der Waals surface area contributed by atoms with Crippen molar-refractivity contribution in [2.24, 2.45) is 0 Å². The van der Waals surface area contributed by atoms with E-state index in [-0.39, 0.29) is 5.56 Å². The maximum absolute atomic E-state index is 12.6. The predicted octanol–water partition coefficient (Wildman–Crippen LogP) is -0.277. The van der Waals surface area contributed by atoms with Crippen LogP contribution in [-0.4, -0.2) is 33.2 Å². The minimum Gasteiger partial charge on any atom is -0.430 e. The molecule has 0 aliphatic heterocycles. The second-order valence-electron chi connectivity index (χ2n) is 3.17. The third kappa shape index (κ3) is 4.82. The summed E-state index contributed by atoms with van der Waals surface area (Å²) in [7, 11) is -3.96. The quantitative estimate of drug-likeness (QED) is 0.651. The zero-order valence-electron chi connectivity index (χ0n) is 10.1. The molecule has 110 valence electrons. The summed E-state index contributed by atoms with van der Waals surface area (Å²) in [6.45, 7) is 0. The fourth-order valence-corrected chi connectivity index (χ4v) is 2.10. The van der Waals surface area contributed by atoms with Crippen LogP contribution in [0.3, 0.4) is 0 Å². The third-order valence-corrected chi connectivity index (χ3v) is 3.44. The summed E-state index contributed by atoms with van der Waals surface area (Å²) >= 11 is 0. The Labute approximate surface area is 113 Å². The van der Waals surface area contributed by atoms with Crippen molar-refractivity contribution in [2.45, 2.75) is 11.1 Å². The van der Waals surface area contributed by atoms with E-state index in [1.54, 1.807) is 4.72 Å². The lowest BCUT2D eigenvalue weighted by molar-refractivity contribution is -0.139. The smallest absolute Gasteiger partial charge is 0.430 e. The Bertz CT molecular complexity index is 598. The van der Waals surface area contributed by atoms with Crippen molar-refractivity contribution >= 4 is 17.7 Å². The first-order valence-electron chi connectivity index (χ1n) is 4.90. The molecule has 0 amide bonds. The van der Waals surface area contributed by atoms with Gasteiger partial charge in [0.2, 0.25) is 10.0 Å². The Hall–Kier alpha value is -1.61. The van der Waals surface area contributed by atoms with Crippen LogP contribution in [0.25, 0.3) is 0 Å². The molecular weight excluding hydrogens is 300 g/mol. The van der Waals surface area contributed by atoms with E-state index in [4.69, 9.17) is 15.3 Å². The van der Waals surface area contributed by atoms with Crippen molar-refractivity contribution in [3.05, 3.63) is 29.3 Å². The highest BCUT2D eigenvalue weighted by Crippen LogP contribution is 2.34. The van der Waals surface area contributed by atoms with E-state index in [2.05, 4.69) is 0 Å². The molecule has 0 unspecified atom stereocenters. The Balaban J connectivity index is 0.00000110. The Morgan fingerprint density at radius 3 is 2.20 bits per heavy atom. The van der Waals surface area contributed by atoms with Crippen LogP contribution < -0.4 is 4.72 Å². The van der Waals surface area contributed by atoms with Gasteiger partial charge in [-0.05, 0) is 25.2 Å². The lowest BCUT2D eigenvalue weighted by atomic mass is 10.1. The molecule has 0 saturated carbocycles. The van der Waals surface area contributed by atoms with E-state index in [9.17, 15) is 21.6 Å². The Morgan fingerprint density at radius 1 is 1.35 bits per heavy atom. The van der Waals surface area contributed by atoms with Crippen LogP contribution in [-0.2, 0) is 16.2 Å². The predicted molar refractivity (Wildman–Crippen MR) is 64.0 cm³/mol. The van der Waals surface area contributed by atoms with E-state index in [0.717, 1.165) is 19.2 Å². The van der Waals surface area contributed by atoms with Crippen LogP contribution in [0.2, 0.25) is 0 Å². The van der Waals surface area contributed by atoms with Crippen LogP contribution in [0.5, 0.6) is 0 Å². The third-order valence-electron chi connectivity index (χ3n) is 1.97. The van der Waals surface area contributed by atoms with Crippen molar-refractivity contribution in [3.8, 4) is 6.07 Å². The van der Waals surface area contributed by atoms with E-state index < -0.39 is 34.3 Å². The molecule has 0 aromatic heterocycles. The summed E-state index contributed by atoms with van der Waals surface area (Å²) in [6.07, 6.45) is -4.84. The summed E-state index contributed by atoms with van der Waals surface area (Å²) in [6, 6.07) is 3.80. The van der Waals surface area contributed by atoms with Crippen molar-refractivity contribution in [2.75, 3.05) is 7.05 Å². The zero-order chi connectivity index (χ0) is 16.0. The summed E-state index contributed by atoms with van der Waals surface area (Å²) < 4.78 is 62.4. The second-order valence-corrected chi connectivity index (χ2v) is 5.02. The summed E-state index contributed by atoms with van der Waals surface area (Å²) in [5.41, 5.74) is -1.61. The molecule has 0 aliphatic rings. The van der Waals surface area contributed by atoms with Gasteiger partial charge in [0.15, 0.2) is 0 Å². The summed E-state index contributed by atoms with van der Waals surface area (Å²) in [5.74, 6) is 0. The number of benzene rings is 1. The lowest BCUT2D eigenvalue weighted by Crippen LogP contribution is -2.22. The molecule has 1 rings (SSSR count). The van der Waals surface area contributed by atoms with Crippen LogP contribution in [0, 0.1) is 11.3 Å². The van der Waals surface area contributed by atoms with Gasteiger partial charge < -0.3 is 10.0 Å². The van der Waals surface area contributed by atoms with E-state index in [1.807, 2.05) is 0 Å². The molecule has 0 spiro atoms. The summed E-state index contributed by atoms with van der Waals surface area (Å²) in [5, 5.41) is 22.7. The standard InChI is InChI=1S/C9H7F3N2O2S.BH3O2/c1-14-17(15,16)8-3-2-6(5-13)4-7(8)9(10,11)12;2-1-3/h2-4,14H,1H3;1-3H. The number of halogens is 3. The molecule has 1 aromatic carbocycles. The number of hydrogen-bond donors (Lipinski definition) is 3. The minimum atomic E-state index is -4.84. The molecule has 1 aromatic rings. The first kappa shape index (κ1) is 18.4. The van der Waals surface area contributed by atoms with Gasteiger partial charge in [-0.15, -0.1) is 0 Å². The van der Waals surface area contributed by atoms with Gasteiger partial charge in [-0.3, -0.25) is 0 Å². The van der Waals surface area contributed by atoms with Gasteiger partial charge in [-0.2, -0.15) is 18.4 Å². The van der Waals surface area contributed by atoms with Gasteiger partial charge in [0.1, 0.15) is 0 Å². The highest BCUT2D eigenvalue weighted by atomic mass is 32.2. The number of nitrogens with zero attached hydrogens (tertiary/aromatic N) is 1. The molecule has 0 aliphatic carbocycles. The van der Waals surface area contributed by atoms with Crippen molar-refractivity contribution < 1.29 is 31.6 Å². The van der Waals surface area contributed by atoms with Crippen LogP contribution in [0.1, 0.15) is 11.1 Å². The molecule has 6 nitrogen and oxygen atoms in total. The average Bonchev–Trinajstić information content (AvgIpc) is 2.38. The maximum atomic E-state index is 12.6. The van der Waals surface area contributed by atoms with Gasteiger partial charge in [0.25, 0.3) is 0 Å². The van der Waals surface area contributed by atoms with Gasteiger partial charge in [-0.1, -0.05) is 0 Å². The molecule has 11 heteroatoms. The first-order valence-corrected chi connectivity index (χ1v) is 6.39. The van der Waals surface area contributed by atoms with Gasteiger partial charge >= 0.3 is 13.9 Å². The first-order chi connectivity index (χ1) is 9.13. The van der Waals surface area contributed by atoms with E-state index in [0.29, 0.717) is 6.07 Å². The van der Waals surface area contributed by atoms with Gasteiger partial charge in [-0.25, -0.2) is 13.1 Å². The fraction of sp³-hybridized carbons (Fsp3) is 0.222. The highest BCUT2D eigenvalue weighted by Gasteiger charge is 2.37. The molecule has 0 bridgehead atoms. The maximum Gasteiger partial charge on any atom is 0.432 e. The van der Waals surface area contributed by atoms with Crippen molar-refractivity contribution in [3.63, 3.8) is 0 Å². The minimum absolute atomic E-state index is 0.257. The number of nitrogens with one attached hydrogen (secondary N) is 1. The molecule has 0 atom stereocenters. The second kappa shape index (κ2) is 7.25. The van der Waals surface area contributed by atoms with Gasteiger partial charge in [0.05, 0.1) is 22.1 Å². The lowest BCUT2D eigenvalue weighted by Gasteiger charge is -2.12. The molecule has 0 saturated heterocycles. The zero-order valence-corrected chi connectivity index (χ0v) is 11.0. The molecule has 0 heterocycles.